The third-order valence-electron chi connectivity index (χ3n) is 6.47. The molecule has 0 unspecified atom stereocenters. The van der Waals surface area contributed by atoms with Crippen molar-refractivity contribution in [2.45, 2.75) is 50.0 Å². The summed E-state index contributed by atoms with van der Waals surface area (Å²) in [5.74, 6) is 1.06. The summed E-state index contributed by atoms with van der Waals surface area (Å²) in [6, 6.07) is 7.26. The molecule has 32 heavy (non-hydrogen) atoms. The Labute approximate surface area is 185 Å². The predicted molar refractivity (Wildman–Crippen MR) is 116 cm³/mol. The average Bonchev–Trinajstić information content (AvgIpc) is 3.41. The highest BCUT2D eigenvalue weighted by atomic mass is 32.2. The van der Waals surface area contributed by atoms with Gasteiger partial charge in [-0.05, 0) is 50.3 Å². The molecule has 3 saturated carbocycles. The predicted octanol–water partition coefficient (Wildman–Crippen LogP) is 3.11. The zero-order valence-corrected chi connectivity index (χ0v) is 18.5. The summed E-state index contributed by atoms with van der Waals surface area (Å²) in [5, 5.41) is 9.35. The highest BCUT2D eigenvalue weighted by molar-refractivity contribution is 7.89. The van der Waals surface area contributed by atoms with Gasteiger partial charge in [0.05, 0.1) is 34.5 Å². The maximum atomic E-state index is 13.2. The molecule has 6 rings (SSSR count). The minimum Gasteiger partial charge on any atom is -0.439 e. The van der Waals surface area contributed by atoms with Gasteiger partial charge in [0.2, 0.25) is 10.0 Å². The zero-order valence-electron chi connectivity index (χ0n) is 17.7. The van der Waals surface area contributed by atoms with Crippen LogP contribution in [0.25, 0.3) is 22.7 Å². The van der Waals surface area contributed by atoms with E-state index in [4.69, 9.17) is 10.2 Å². The number of fused-ring (bicyclic) bond motifs is 1. The van der Waals surface area contributed by atoms with Crippen molar-refractivity contribution in [1.29, 1.82) is 5.26 Å². The van der Waals surface area contributed by atoms with Crippen molar-refractivity contribution in [2.24, 2.45) is 5.41 Å². The fourth-order valence-corrected chi connectivity index (χ4v) is 6.36. The summed E-state index contributed by atoms with van der Waals surface area (Å²) in [6.07, 6.45) is 5.59. The van der Waals surface area contributed by atoms with Crippen molar-refractivity contribution in [3.05, 3.63) is 42.0 Å². The Balaban J connectivity index is 1.49. The number of oxazole rings is 1. The second-order valence-corrected chi connectivity index (χ2v) is 10.5. The Kier molecular flexibility index (Phi) is 4.41. The second-order valence-electron chi connectivity index (χ2n) is 8.84. The molecule has 0 aliphatic heterocycles. The van der Waals surface area contributed by atoms with Gasteiger partial charge in [-0.25, -0.2) is 28.1 Å². The van der Waals surface area contributed by atoms with Gasteiger partial charge in [0.15, 0.2) is 23.2 Å². The van der Waals surface area contributed by atoms with Crippen molar-refractivity contribution < 1.29 is 12.8 Å². The van der Waals surface area contributed by atoms with Crippen molar-refractivity contribution in [3.8, 4) is 28.8 Å². The summed E-state index contributed by atoms with van der Waals surface area (Å²) in [4.78, 5) is 13.0. The lowest BCUT2D eigenvalue weighted by Crippen LogP contribution is -2.55. The van der Waals surface area contributed by atoms with Crippen LogP contribution in [0, 0.1) is 30.6 Å². The highest BCUT2D eigenvalue weighted by Gasteiger charge is 2.62. The molecule has 2 heterocycles. The molecule has 0 radical (unpaired) electrons. The lowest BCUT2D eigenvalue weighted by Gasteiger charge is -2.43. The van der Waals surface area contributed by atoms with Crippen LogP contribution in [-0.4, -0.2) is 28.9 Å². The number of nitrogens with one attached hydrogen (secondary N) is 1. The van der Waals surface area contributed by atoms with Gasteiger partial charge in [0.25, 0.3) is 0 Å². The normalized spacial score (nSPS) is 24.2. The molecule has 1 aromatic carbocycles. The maximum Gasteiger partial charge on any atom is 0.241 e. The number of anilines is 1. The number of aryl methyl sites for hydroxylation is 2. The fourth-order valence-electron chi connectivity index (χ4n) is 4.90. The van der Waals surface area contributed by atoms with E-state index in [2.05, 4.69) is 25.7 Å². The van der Waals surface area contributed by atoms with Gasteiger partial charge >= 0.3 is 0 Å². The third kappa shape index (κ3) is 3.25. The molecule has 3 aliphatic rings. The molecule has 2 aromatic heterocycles. The maximum absolute atomic E-state index is 13.2. The van der Waals surface area contributed by atoms with Crippen LogP contribution < -0.4 is 10.5 Å². The summed E-state index contributed by atoms with van der Waals surface area (Å²) >= 11 is 0. The molecule has 3 fully saturated rings. The van der Waals surface area contributed by atoms with Gasteiger partial charge in [-0.15, -0.1) is 0 Å². The third-order valence-corrected chi connectivity index (χ3v) is 8.05. The minimum absolute atomic E-state index is 0.143. The SMILES string of the molecule is Cc1ncc(-c2nc(-c3cc(S(=O)(=O)NC45CCC(C#N)(C4)C5)ccc3C)cnc2N)o1. The van der Waals surface area contributed by atoms with E-state index < -0.39 is 15.6 Å². The molecular formula is C22H22N6O3S. The van der Waals surface area contributed by atoms with Crippen LogP contribution in [0.5, 0.6) is 0 Å². The van der Waals surface area contributed by atoms with E-state index in [9.17, 15) is 13.7 Å². The van der Waals surface area contributed by atoms with E-state index in [0.717, 1.165) is 12.0 Å². The number of benzene rings is 1. The van der Waals surface area contributed by atoms with Crippen LogP contribution in [0.2, 0.25) is 0 Å². The topological polar surface area (TPSA) is 148 Å². The zero-order chi connectivity index (χ0) is 22.7. The van der Waals surface area contributed by atoms with E-state index >= 15 is 0 Å². The number of nitrogens with zero attached hydrogens (tertiary/aromatic N) is 4. The molecular weight excluding hydrogens is 428 g/mol. The summed E-state index contributed by atoms with van der Waals surface area (Å²) in [5.41, 5.74) is 7.40. The Hall–Kier alpha value is -3.29. The largest absolute Gasteiger partial charge is 0.439 e. The quantitative estimate of drug-likeness (QED) is 0.602. The molecule has 0 atom stereocenters. The summed E-state index contributed by atoms with van der Waals surface area (Å²) in [7, 11) is -3.77. The molecule has 3 aromatic rings. The monoisotopic (exact) mass is 450 g/mol. The van der Waals surface area contributed by atoms with Gasteiger partial charge in [0.1, 0.15) is 0 Å². The van der Waals surface area contributed by atoms with Gasteiger partial charge in [0, 0.05) is 18.0 Å². The lowest BCUT2D eigenvalue weighted by atomic mass is 9.66. The van der Waals surface area contributed by atoms with E-state index in [0.29, 0.717) is 47.9 Å². The molecule has 10 heteroatoms. The van der Waals surface area contributed by atoms with Crippen LogP contribution >= 0.6 is 0 Å². The Morgan fingerprint density at radius 3 is 2.62 bits per heavy atom. The van der Waals surface area contributed by atoms with E-state index in [-0.39, 0.29) is 16.1 Å². The highest BCUT2D eigenvalue weighted by Crippen LogP contribution is 2.61. The summed E-state index contributed by atoms with van der Waals surface area (Å²) in [6.45, 7) is 3.59. The number of sulfonamides is 1. The van der Waals surface area contributed by atoms with Crippen molar-refractivity contribution >= 4 is 15.8 Å². The molecule has 2 bridgehead atoms. The molecule has 164 valence electrons. The average molecular weight is 451 g/mol. The van der Waals surface area contributed by atoms with Crippen molar-refractivity contribution in [1.82, 2.24) is 19.7 Å². The second kappa shape index (κ2) is 6.85. The van der Waals surface area contributed by atoms with Crippen LogP contribution in [0.1, 0.15) is 37.1 Å². The first kappa shape index (κ1) is 20.6. The van der Waals surface area contributed by atoms with Gasteiger partial charge < -0.3 is 10.2 Å². The number of nitriles is 1. The lowest BCUT2D eigenvalue weighted by molar-refractivity contribution is 0.161. The van der Waals surface area contributed by atoms with Gasteiger partial charge in [-0.2, -0.15) is 5.26 Å². The standard InChI is InChI=1S/C22H22N6O3S/c1-13-3-4-15(32(29,30)28-22-6-5-21(10-22,11-22)12-23)7-16(13)17-8-26-20(24)19(27-17)18-9-25-14(2)31-18/h3-4,7-9,28H,5-6,10-11H2,1-2H3,(H2,24,26). The number of hydrogen-bond donors (Lipinski definition) is 2. The first-order chi connectivity index (χ1) is 15.1. The van der Waals surface area contributed by atoms with Crippen LogP contribution in [0.15, 0.2) is 39.9 Å². The molecule has 3 aliphatic carbocycles. The van der Waals surface area contributed by atoms with E-state index in [1.807, 2.05) is 6.92 Å². The van der Waals surface area contributed by atoms with Gasteiger partial charge in [-0.1, -0.05) is 6.07 Å². The Morgan fingerprint density at radius 2 is 1.97 bits per heavy atom. The fraction of sp³-hybridized carbons (Fsp3) is 0.364. The smallest absolute Gasteiger partial charge is 0.241 e. The molecule has 9 nitrogen and oxygen atoms in total. The van der Waals surface area contributed by atoms with Crippen LogP contribution in [-0.2, 0) is 10.0 Å². The number of aromatic nitrogens is 3. The van der Waals surface area contributed by atoms with Crippen molar-refractivity contribution in [2.75, 3.05) is 5.73 Å². The molecule has 0 saturated heterocycles. The first-order valence-corrected chi connectivity index (χ1v) is 11.7. The first-order valence-electron chi connectivity index (χ1n) is 10.3. The molecule has 0 amide bonds. The van der Waals surface area contributed by atoms with Gasteiger partial charge in [-0.3, -0.25) is 0 Å². The number of nitrogen functional groups attached to an aromatic ring is 1. The van der Waals surface area contributed by atoms with Crippen LogP contribution in [0.4, 0.5) is 5.82 Å². The Bertz CT molecular complexity index is 1380. The Morgan fingerprint density at radius 1 is 1.19 bits per heavy atom. The molecule has 3 N–H and O–H groups in total. The van der Waals surface area contributed by atoms with Crippen molar-refractivity contribution in [3.63, 3.8) is 0 Å². The number of hydrogen-bond acceptors (Lipinski definition) is 8. The minimum atomic E-state index is -3.77. The number of nitrogens with two attached hydrogens (primary N) is 1. The van der Waals surface area contributed by atoms with E-state index in [1.54, 1.807) is 25.1 Å². The van der Waals surface area contributed by atoms with Crippen LogP contribution in [0.3, 0.4) is 0 Å². The van der Waals surface area contributed by atoms with E-state index in [1.165, 1.54) is 12.4 Å². The summed E-state index contributed by atoms with van der Waals surface area (Å²) < 4.78 is 34.8. The number of rotatable bonds is 5. The molecule has 0 spiro atoms.